The van der Waals surface area contributed by atoms with Crippen LogP contribution < -0.4 is 0 Å². The zero-order valence-electron chi connectivity index (χ0n) is 15.9. The molecule has 0 aromatic rings. The molecule has 1 N–H and O–H groups in total. The van der Waals surface area contributed by atoms with Crippen molar-refractivity contribution in [1.82, 2.24) is 0 Å². The highest BCUT2D eigenvalue weighted by Gasteiger charge is 2.64. The molecule has 3 nitrogen and oxygen atoms in total. The van der Waals surface area contributed by atoms with E-state index in [2.05, 4.69) is 19.9 Å². The molecule has 4 aliphatic carbocycles. The summed E-state index contributed by atoms with van der Waals surface area (Å²) < 4.78 is 5.88. The number of hydrogen-bond donors (Lipinski definition) is 1. The number of carbonyl (C=O) groups is 1. The average Bonchev–Trinajstić information content (AvgIpc) is 3.19. The van der Waals surface area contributed by atoms with Crippen LogP contribution in [-0.4, -0.2) is 28.7 Å². The minimum atomic E-state index is -0.250. The predicted molar refractivity (Wildman–Crippen MR) is 96.0 cm³/mol. The summed E-state index contributed by atoms with van der Waals surface area (Å²) in [5, 5.41) is 10.6. The van der Waals surface area contributed by atoms with Crippen LogP contribution in [0.2, 0.25) is 0 Å². The van der Waals surface area contributed by atoms with Crippen molar-refractivity contribution in [2.75, 3.05) is 0 Å². The number of allylic oxidation sites excluding steroid dienone is 1. The van der Waals surface area contributed by atoms with E-state index >= 15 is 0 Å². The van der Waals surface area contributed by atoms with Crippen LogP contribution in [0.5, 0.6) is 0 Å². The van der Waals surface area contributed by atoms with Gasteiger partial charge in [0.15, 0.2) is 5.78 Å². The fraction of sp³-hybridized carbons (Fsp3) is 0.864. The van der Waals surface area contributed by atoms with E-state index in [-0.39, 0.29) is 34.4 Å². The van der Waals surface area contributed by atoms with Crippen molar-refractivity contribution in [3.8, 4) is 0 Å². The van der Waals surface area contributed by atoms with E-state index < -0.39 is 0 Å². The lowest BCUT2D eigenvalue weighted by molar-refractivity contribution is -0.118. The van der Waals surface area contributed by atoms with E-state index in [1.54, 1.807) is 12.5 Å². The first-order valence-electron chi connectivity index (χ1n) is 10.4. The molecule has 1 unspecified atom stereocenters. The normalized spacial score (nSPS) is 56.6. The second-order valence-corrected chi connectivity index (χ2v) is 10.2. The molecular formula is C22H32O3. The Labute approximate surface area is 151 Å². The number of rotatable bonds is 1. The fourth-order valence-electron chi connectivity index (χ4n) is 7.62. The Balaban J connectivity index is 1.45. The molecule has 5 rings (SSSR count). The molecule has 0 aromatic heterocycles. The molecule has 4 fully saturated rings. The fourth-order valence-corrected chi connectivity index (χ4v) is 7.62. The van der Waals surface area contributed by atoms with Gasteiger partial charge in [-0.15, -0.1) is 0 Å². The summed E-state index contributed by atoms with van der Waals surface area (Å²) in [5.41, 5.74) is 1.77. The van der Waals surface area contributed by atoms with Gasteiger partial charge in [-0.2, -0.15) is 0 Å². The number of ketones is 1. The van der Waals surface area contributed by atoms with Gasteiger partial charge in [-0.05, 0) is 93.0 Å². The third kappa shape index (κ3) is 2.03. The first-order chi connectivity index (χ1) is 11.8. The molecule has 5 aliphatic rings. The molecule has 0 radical (unpaired) electrons. The van der Waals surface area contributed by atoms with Gasteiger partial charge in [0.2, 0.25) is 0 Å². The zero-order chi connectivity index (χ0) is 17.6. The maximum atomic E-state index is 11.8. The molecule has 0 amide bonds. The molecule has 138 valence electrons. The largest absolute Gasteiger partial charge is 0.393 e. The van der Waals surface area contributed by atoms with Gasteiger partial charge in [0, 0.05) is 0 Å². The highest BCUT2D eigenvalue weighted by molar-refractivity contribution is 5.85. The SMILES string of the molecule is CC(=O)C1O[C@@]12C=C1CC[C@H]3[C@@H]4CC[C@H](O)[C@@]4(C)CC[C@@H]3[C@@]1(C)CC2. The number of Topliss-reactive ketones (excluding diaryl/α,β-unsaturated/α-hetero) is 1. The Morgan fingerprint density at radius 1 is 1.12 bits per heavy atom. The van der Waals surface area contributed by atoms with Crippen molar-refractivity contribution in [3.63, 3.8) is 0 Å². The smallest absolute Gasteiger partial charge is 0.161 e. The summed E-state index contributed by atoms with van der Waals surface area (Å²) in [6, 6.07) is 0. The highest BCUT2D eigenvalue weighted by Crippen LogP contribution is 2.67. The summed E-state index contributed by atoms with van der Waals surface area (Å²) >= 11 is 0. The molecule has 3 heteroatoms. The first-order valence-corrected chi connectivity index (χ1v) is 10.4. The molecule has 8 atom stereocenters. The Hall–Kier alpha value is -0.670. The number of aliphatic hydroxyl groups excluding tert-OH is 1. The molecule has 3 saturated carbocycles. The highest BCUT2D eigenvalue weighted by atomic mass is 16.6. The monoisotopic (exact) mass is 344 g/mol. The number of carbonyl (C=O) groups excluding carboxylic acids is 1. The van der Waals surface area contributed by atoms with E-state index in [1.165, 1.54) is 25.7 Å². The third-order valence-corrected chi connectivity index (χ3v) is 9.23. The van der Waals surface area contributed by atoms with Crippen LogP contribution in [0.3, 0.4) is 0 Å². The van der Waals surface area contributed by atoms with Crippen LogP contribution in [-0.2, 0) is 9.53 Å². The van der Waals surface area contributed by atoms with Crippen molar-refractivity contribution in [1.29, 1.82) is 0 Å². The van der Waals surface area contributed by atoms with Crippen molar-refractivity contribution < 1.29 is 14.6 Å². The van der Waals surface area contributed by atoms with Crippen LogP contribution in [0.4, 0.5) is 0 Å². The molecule has 0 aromatic carbocycles. The average molecular weight is 344 g/mol. The Bertz CT molecular complexity index is 654. The van der Waals surface area contributed by atoms with Crippen LogP contribution in [0.25, 0.3) is 0 Å². The van der Waals surface area contributed by atoms with E-state index in [0.29, 0.717) is 5.92 Å². The summed E-state index contributed by atoms with van der Waals surface area (Å²) in [7, 11) is 0. The van der Waals surface area contributed by atoms with E-state index in [0.717, 1.165) is 37.5 Å². The van der Waals surface area contributed by atoms with Gasteiger partial charge in [-0.1, -0.05) is 19.4 Å². The van der Waals surface area contributed by atoms with E-state index in [1.807, 2.05) is 0 Å². The lowest BCUT2D eigenvalue weighted by Gasteiger charge is -2.58. The third-order valence-electron chi connectivity index (χ3n) is 9.23. The quantitative estimate of drug-likeness (QED) is 0.577. The Morgan fingerprint density at radius 3 is 2.64 bits per heavy atom. The summed E-state index contributed by atoms with van der Waals surface area (Å²) in [5.74, 6) is 2.42. The predicted octanol–water partition coefficient (Wildman–Crippen LogP) is 4.04. The van der Waals surface area contributed by atoms with Crippen molar-refractivity contribution in [3.05, 3.63) is 11.6 Å². The maximum Gasteiger partial charge on any atom is 0.161 e. The lowest BCUT2D eigenvalue weighted by atomic mass is 9.47. The van der Waals surface area contributed by atoms with E-state index in [4.69, 9.17) is 4.74 Å². The minimum Gasteiger partial charge on any atom is -0.393 e. The van der Waals surface area contributed by atoms with Crippen molar-refractivity contribution in [2.45, 2.75) is 89.9 Å². The first kappa shape index (κ1) is 16.5. The number of aliphatic hydroxyl groups is 1. The lowest BCUT2D eigenvalue weighted by Crippen LogP contribution is -2.51. The van der Waals surface area contributed by atoms with Crippen LogP contribution in [0.15, 0.2) is 11.6 Å². The number of epoxide rings is 1. The zero-order valence-corrected chi connectivity index (χ0v) is 15.9. The van der Waals surface area contributed by atoms with Gasteiger partial charge in [-0.3, -0.25) is 4.79 Å². The van der Waals surface area contributed by atoms with Gasteiger partial charge in [0.05, 0.1) is 6.10 Å². The maximum absolute atomic E-state index is 11.8. The minimum absolute atomic E-state index is 0.0889. The Morgan fingerprint density at radius 2 is 1.92 bits per heavy atom. The van der Waals surface area contributed by atoms with E-state index in [9.17, 15) is 9.90 Å². The molecule has 1 heterocycles. The number of fused-ring (bicyclic) bond motifs is 5. The molecule has 1 aliphatic heterocycles. The van der Waals surface area contributed by atoms with Gasteiger partial charge >= 0.3 is 0 Å². The Kier molecular flexibility index (Phi) is 3.29. The van der Waals surface area contributed by atoms with Crippen LogP contribution >= 0.6 is 0 Å². The van der Waals surface area contributed by atoms with Crippen LogP contribution in [0, 0.1) is 28.6 Å². The van der Waals surface area contributed by atoms with Crippen molar-refractivity contribution in [2.24, 2.45) is 28.6 Å². The molecular weight excluding hydrogens is 312 g/mol. The van der Waals surface area contributed by atoms with Crippen molar-refractivity contribution >= 4 is 5.78 Å². The molecule has 1 spiro atoms. The number of hydrogen-bond acceptors (Lipinski definition) is 3. The molecule has 1 saturated heterocycles. The van der Waals surface area contributed by atoms with Gasteiger partial charge in [-0.25, -0.2) is 0 Å². The summed E-state index contributed by atoms with van der Waals surface area (Å²) in [6.45, 7) is 6.50. The standard InChI is InChI=1S/C22H32O3/c1-13(23)19-22(25-19)11-10-20(2)14(12-22)4-5-15-16-6-7-18(24)21(16,3)9-8-17(15)20/h12,15-19,24H,4-11H2,1-3H3/t15-,16-,17-,18-,19?,20-,21-,22-/m0/s1. The number of ether oxygens (including phenoxy) is 1. The summed E-state index contributed by atoms with van der Waals surface area (Å²) in [6.07, 6.45) is 11.4. The summed E-state index contributed by atoms with van der Waals surface area (Å²) in [4.78, 5) is 11.8. The van der Waals surface area contributed by atoms with Gasteiger partial charge < -0.3 is 9.84 Å². The molecule has 0 bridgehead atoms. The van der Waals surface area contributed by atoms with Crippen LogP contribution in [0.1, 0.15) is 72.1 Å². The second kappa shape index (κ2) is 4.98. The molecule has 25 heavy (non-hydrogen) atoms. The van der Waals surface area contributed by atoms with Gasteiger partial charge in [0.1, 0.15) is 11.7 Å². The second-order valence-electron chi connectivity index (χ2n) is 10.2. The van der Waals surface area contributed by atoms with Gasteiger partial charge in [0.25, 0.3) is 0 Å². The topological polar surface area (TPSA) is 49.8 Å².